The van der Waals surface area contributed by atoms with Crippen molar-refractivity contribution in [3.8, 4) is 0 Å². The van der Waals surface area contributed by atoms with Gasteiger partial charge in [-0.1, -0.05) is 72.0 Å². The highest BCUT2D eigenvalue weighted by Gasteiger charge is 2.18. The Morgan fingerprint density at radius 1 is 0.735 bits per heavy atom. The van der Waals surface area contributed by atoms with E-state index in [1.165, 1.54) is 34.8 Å². The molecule has 4 nitrogen and oxygen atoms in total. The van der Waals surface area contributed by atoms with Crippen LogP contribution in [0.4, 0.5) is 11.4 Å². The second-order valence-electron chi connectivity index (χ2n) is 7.54. The van der Waals surface area contributed by atoms with Gasteiger partial charge in [0.15, 0.2) is 0 Å². The molecular weight excluding hydrogens is 462 g/mol. The van der Waals surface area contributed by atoms with Crippen LogP contribution in [0.25, 0.3) is 11.5 Å². The van der Waals surface area contributed by atoms with Gasteiger partial charge in [-0.15, -0.1) is 11.3 Å². The van der Waals surface area contributed by atoms with Crippen molar-refractivity contribution in [1.29, 1.82) is 0 Å². The van der Waals surface area contributed by atoms with Crippen molar-refractivity contribution >= 4 is 51.3 Å². The zero-order valence-corrected chi connectivity index (χ0v) is 19.6. The topological polar surface area (TPSA) is 63.4 Å². The van der Waals surface area contributed by atoms with Crippen LogP contribution in [0.2, 0.25) is 0 Å². The first-order valence-corrected chi connectivity index (χ1v) is 12.2. The van der Waals surface area contributed by atoms with E-state index in [4.69, 9.17) is 5.11 Å². The predicted octanol–water partition coefficient (Wildman–Crippen LogP) is 3.69. The van der Waals surface area contributed by atoms with Gasteiger partial charge in [-0.2, -0.15) is 4.58 Å². The lowest BCUT2D eigenvalue weighted by Crippen LogP contribution is -2.15. The Kier molecular flexibility index (Phi) is 6.08. The number of aliphatic hydroxyl groups excluding tert-OH is 1. The highest BCUT2D eigenvalue weighted by atomic mass is 32.2. The molecule has 0 saturated heterocycles. The molecule has 0 fully saturated rings. The Bertz CT molecular complexity index is 1640. The second kappa shape index (κ2) is 9.47. The van der Waals surface area contributed by atoms with Crippen molar-refractivity contribution in [1.82, 2.24) is 4.58 Å². The quantitative estimate of drug-likeness (QED) is 0.444. The van der Waals surface area contributed by atoms with E-state index in [2.05, 4.69) is 41.0 Å². The van der Waals surface area contributed by atoms with E-state index in [1.54, 1.807) is 12.1 Å². The fraction of sp³-hybridized carbons (Fsp3) is 0. The van der Waals surface area contributed by atoms with Crippen LogP contribution >= 0.6 is 22.7 Å². The fourth-order valence-corrected chi connectivity index (χ4v) is 6.00. The maximum absolute atomic E-state index is 12.7. The number of hydrogen-bond acceptors (Lipinski definition) is 5. The van der Waals surface area contributed by atoms with Crippen molar-refractivity contribution in [2.24, 2.45) is 0 Å². The highest BCUT2D eigenvalue weighted by Crippen LogP contribution is 2.22. The van der Waals surface area contributed by atoms with E-state index >= 15 is 0 Å². The van der Waals surface area contributed by atoms with Crippen molar-refractivity contribution < 1.29 is 10.2 Å². The molecule has 0 amide bonds. The zero-order chi connectivity index (χ0) is 23.5. The van der Waals surface area contributed by atoms with Crippen LogP contribution in [0.1, 0.15) is 0 Å². The third kappa shape index (κ3) is 4.41. The summed E-state index contributed by atoms with van der Waals surface area (Å²) >= 11 is 2.64. The molecule has 0 radical (unpaired) electrons. The fourth-order valence-electron chi connectivity index (χ4n) is 3.69. The summed E-state index contributed by atoms with van der Waals surface area (Å²) in [6.45, 7) is 0. The van der Waals surface area contributed by atoms with Crippen LogP contribution in [-0.4, -0.2) is 10.8 Å². The third-order valence-corrected chi connectivity index (χ3v) is 7.84. The number of allylic oxidation sites excluding steroid dienone is 4. The van der Waals surface area contributed by atoms with Crippen molar-refractivity contribution in [3.63, 3.8) is 0 Å². The number of rotatable bonds is 2. The molecule has 0 aliphatic heterocycles. The molecule has 5 rings (SSSR count). The Morgan fingerprint density at radius 3 is 1.82 bits per heavy atom. The zero-order valence-electron chi connectivity index (χ0n) is 17.9. The molecule has 1 heterocycles. The van der Waals surface area contributed by atoms with Crippen LogP contribution in [0.15, 0.2) is 114 Å². The molecule has 1 aliphatic carbocycles. The van der Waals surface area contributed by atoms with E-state index in [-0.39, 0.29) is 9.96 Å². The van der Waals surface area contributed by atoms with Crippen LogP contribution in [0, 0.1) is 9.75 Å². The van der Waals surface area contributed by atoms with Crippen LogP contribution in [0.5, 0.6) is 0 Å². The first kappa shape index (κ1) is 21.8. The lowest BCUT2D eigenvalue weighted by Gasteiger charge is -2.07. The van der Waals surface area contributed by atoms with Gasteiger partial charge in [-0.25, -0.2) is 0 Å². The van der Waals surface area contributed by atoms with Crippen LogP contribution < -0.4 is 23.5 Å². The van der Waals surface area contributed by atoms with Crippen molar-refractivity contribution in [2.75, 3.05) is 0 Å². The molecule has 166 valence electrons. The number of para-hydroxylation sites is 2. The third-order valence-electron chi connectivity index (χ3n) is 5.35. The van der Waals surface area contributed by atoms with E-state index < -0.39 is 5.95 Å². The summed E-state index contributed by atoms with van der Waals surface area (Å²) in [5.74, 6) is -0.983. The predicted molar refractivity (Wildman–Crippen MR) is 139 cm³/mol. The molecule has 34 heavy (non-hydrogen) atoms. The Labute approximate surface area is 203 Å². The minimum atomic E-state index is -0.983. The molecule has 0 unspecified atom stereocenters. The van der Waals surface area contributed by atoms with E-state index in [1.807, 2.05) is 48.6 Å². The maximum Gasteiger partial charge on any atom is 0.251 e. The van der Waals surface area contributed by atoms with Gasteiger partial charge in [0.2, 0.25) is 17.1 Å². The lowest BCUT2D eigenvalue weighted by atomic mass is 10.1. The van der Waals surface area contributed by atoms with Gasteiger partial charge in [-0.05, 0) is 22.6 Å². The van der Waals surface area contributed by atoms with Crippen molar-refractivity contribution in [3.05, 3.63) is 138 Å². The SMILES string of the molecule is O=c1sc(=C2C=CC(=[N+](c3ccccc3)c3ccccc3)C=C2)sc1=c1ccc(=C([O-])O)cc1. The normalized spacial score (nSPS) is 12.7. The average Bonchev–Trinajstić information content (AvgIpc) is 3.27. The standard InChI is InChI=1S/C28H19NO3S2/c30-26(31)20-13-11-19(12-14-20)25-27(32)34-28(33-25)21-15-17-24(18-16-21)29(22-7-3-1-4-8-22)23-9-5-2-6-10-23/h1-18H,(H-,30,31,32). The second-order valence-corrected chi connectivity index (χ2v) is 9.81. The summed E-state index contributed by atoms with van der Waals surface area (Å²) in [5.41, 5.74) is 4.13. The summed E-state index contributed by atoms with van der Waals surface area (Å²) in [4.78, 5) is 12.7. The van der Waals surface area contributed by atoms with Gasteiger partial charge in [0.25, 0.3) is 4.74 Å². The van der Waals surface area contributed by atoms with Gasteiger partial charge >= 0.3 is 0 Å². The molecule has 0 spiro atoms. The molecule has 1 N–H and O–H groups in total. The van der Waals surface area contributed by atoms with Gasteiger partial charge in [-0.3, -0.25) is 4.79 Å². The summed E-state index contributed by atoms with van der Waals surface area (Å²) in [7, 11) is 0. The maximum atomic E-state index is 12.7. The van der Waals surface area contributed by atoms with Gasteiger partial charge in [0.1, 0.15) is 0 Å². The van der Waals surface area contributed by atoms with Crippen LogP contribution in [-0.2, 0) is 0 Å². The first-order valence-electron chi connectivity index (χ1n) is 10.6. The smallest absolute Gasteiger partial charge is 0.251 e. The summed E-state index contributed by atoms with van der Waals surface area (Å²) in [6.07, 6.45) is 8.20. The minimum Gasteiger partial charge on any atom is -0.629 e. The van der Waals surface area contributed by atoms with E-state index in [0.717, 1.165) is 31.7 Å². The number of hydrogen-bond donors (Lipinski definition) is 1. The van der Waals surface area contributed by atoms with E-state index in [0.29, 0.717) is 4.53 Å². The molecule has 0 atom stereocenters. The number of benzene rings is 3. The Balaban J connectivity index is 1.63. The molecule has 6 heteroatoms. The van der Waals surface area contributed by atoms with Crippen LogP contribution in [0.3, 0.4) is 0 Å². The largest absolute Gasteiger partial charge is 0.629 e. The number of nitrogens with zero attached hydrogens (tertiary/aromatic N) is 1. The van der Waals surface area contributed by atoms with Gasteiger partial charge in [0, 0.05) is 42.0 Å². The highest BCUT2D eigenvalue weighted by molar-refractivity contribution is 7.25. The minimum absolute atomic E-state index is 0.0256. The van der Waals surface area contributed by atoms with Crippen molar-refractivity contribution in [2.45, 2.75) is 0 Å². The molecular formula is C28H19NO3S2. The summed E-state index contributed by atoms with van der Waals surface area (Å²) in [6, 6.07) is 26.8. The Morgan fingerprint density at radius 2 is 1.29 bits per heavy atom. The molecule has 1 aliphatic rings. The van der Waals surface area contributed by atoms with E-state index in [9.17, 15) is 9.90 Å². The summed E-state index contributed by atoms with van der Waals surface area (Å²) < 4.78 is 3.70. The molecule has 3 aromatic carbocycles. The monoisotopic (exact) mass is 481 g/mol. The average molecular weight is 482 g/mol. The molecule has 1 aromatic heterocycles. The number of aliphatic hydroxyl groups is 1. The molecule has 0 bridgehead atoms. The Hall–Kier alpha value is -4.00. The summed E-state index contributed by atoms with van der Waals surface area (Å²) in [5, 5.41) is 21.1. The first-order chi connectivity index (χ1) is 16.6. The van der Waals surface area contributed by atoms with Gasteiger partial charge in [0.05, 0.1) is 14.3 Å². The molecule has 0 saturated carbocycles. The lowest BCUT2D eigenvalue weighted by molar-refractivity contribution is -0.283. The van der Waals surface area contributed by atoms with Gasteiger partial charge < -0.3 is 10.2 Å². The molecule has 4 aromatic rings.